The van der Waals surface area contributed by atoms with Gasteiger partial charge in [-0.25, -0.2) is 4.39 Å². The molecule has 0 saturated carbocycles. The summed E-state index contributed by atoms with van der Waals surface area (Å²) in [5, 5.41) is 5.44. The Morgan fingerprint density at radius 3 is 2.19 bits per heavy atom. The van der Waals surface area contributed by atoms with Crippen molar-refractivity contribution in [1.29, 1.82) is 0 Å². The average molecular weight is 422 g/mol. The van der Waals surface area contributed by atoms with Crippen molar-refractivity contribution in [2.24, 2.45) is 0 Å². The molecule has 2 rings (SSSR count). The SMILES string of the molecule is COc1ccc(C(=O)NC(Nc2ccc(F)cc2)C(Cl)(Cl)Cl)cc1OC. The summed E-state index contributed by atoms with van der Waals surface area (Å²) in [5.74, 6) is -0.0456. The highest BCUT2D eigenvalue weighted by Gasteiger charge is 2.34. The Hall–Kier alpha value is -1.89. The Labute approximate surface area is 165 Å². The van der Waals surface area contributed by atoms with Crippen LogP contribution >= 0.6 is 34.8 Å². The van der Waals surface area contributed by atoms with Gasteiger partial charge in [-0.15, -0.1) is 0 Å². The molecule has 0 aliphatic heterocycles. The van der Waals surface area contributed by atoms with Crippen LogP contribution in [-0.2, 0) is 0 Å². The van der Waals surface area contributed by atoms with E-state index in [0.29, 0.717) is 17.2 Å². The van der Waals surface area contributed by atoms with Crippen LogP contribution in [0.5, 0.6) is 11.5 Å². The first-order valence-electron chi connectivity index (χ1n) is 7.36. The summed E-state index contributed by atoms with van der Waals surface area (Å²) >= 11 is 17.9. The predicted octanol–water partition coefficient (Wildman–Crippen LogP) is 4.38. The molecular formula is C17H16Cl3FN2O3. The van der Waals surface area contributed by atoms with Crippen LogP contribution in [0.2, 0.25) is 0 Å². The van der Waals surface area contributed by atoms with Crippen molar-refractivity contribution in [1.82, 2.24) is 5.32 Å². The van der Waals surface area contributed by atoms with Crippen molar-refractivity contribution in [3.8, 4) is 11.5 Å². The number of halogens is 4. The van der Waals surface area contributed by atoms with E-state index in [4.69, 9.17) is 44.3 Å². The fraction of sp³-hybridized carbons (Fsp3) is 0.235. The summed E-state index contributed by atoms with van der Waals surface area (Å²) in [6.07, 6.45) is -1.07. The second-order valence-corrected chi connectivity index (χ2v) is 7.54. The fourth-order valence-corrected chi connectivity index (χ4v) is 2.43. The van der Waals surface area contributed by atoms with Crippen LogP contribution < -0.4 is 20.1 Å². The molecule has 0 aromatic heterocycles. The fourth-order valence-electron chi connectivity index (χ4n) is 2.10. The zero-order valence-electron chi connectivity index (χ0n) is 13.9. The van der Waals surface area contributed by atoms with Crippen LogP contribution in [0.3, 0.4) is 0 Å². The van der Waals surface area contributed by atoms with Crippen molar-refractivity contribution in [3.63, 3.8) is 0 Å². The second-order valence-electron chi connectivity index (χ2n) is 5.17. The molecule has 0 saturated heterocycles. The average Bonchev–Trinajstić information content (AvgIpc) is 2.61. The lowest BCUT2D eigenvalue weighted by Gasteiger charge is -2.27. The zero-order chi connectivity index (χ0) is 19.3. The lowest BCUT2D eigenvalue weighted by molar-refractivity contribution is 0.0941. The quantitative estimate of drug-likeness (QED) is 0.537. The number of hydrogen-bond donors (Lipinski definition) is 2. The van der Waals surface area contributed by atoms with Crippen LogP contribution in [0.1, 0.15) is 10.4 Å². The van der Waals surface area contributed by atoms with E-state index in [1.807, 2.05) is 0 Å². The molecule has 0 aliphatic carbocycles. The summed E-state index contributed by atoms with van der Waals surface area (Å²) in [6, 6.07) is 10.0. The van der Waals surface area contributed by atoms with Crippen LogP contribution in [0.15, 0.2) is 42.5 Å². The maximum Gasteiger partial charge on any atom is 0.253 e. The summed E-state index contributed by atoms with van der Waals surface area (Å²) in [5.41, 5.74) is 0.748. The lowest BCUT2D eigenvalue weighted by atomic mass is 10.2. The van der Waals surface area contributed by atoms with Crippen LogP contribution in [-0.4, -0.2) is 30.1 Å². The predicted molar refractivity (Wildman–Crippen MR) is 101 cm³/mol. The van der Waals surface area contributed by atoms with Crippen molar-refractivity contribution in [2.75, 3.05) is 19.5 Å². The molecular weight excluding hydrogens is 406 g/mol. The summed E-state index contributed by atoms with van der Waals surface area (Å²) in [4.78, 5) is 12.5. The standard InChI is InChI=1S/C17H16Cl3FN2O3/c1-25-13-8-3-10(9-14(13)26-2)15(24)23-16(17(18,19)20)22-12-6-4-11(21)5-7-12/h3-9,16,22H,1-2H3,(H,23,24). The highest BCUT2D eigenvalue weighted by atomic mass is 35.6. The first-order chi connectivity index (χ1) is 12.2. The van der Waals surface area contributed by atoms with E-state index >= 15 is 0 Å². The highest BCUT2D eigenvalue weighted by molar-refractivity contribution is 6.68. The van der Waals surface area contributed by atoms with Gasteiger partial charge in [0, 0.05) is 11.3 Å². The van der Waals surface area contributed by atoms with E-state index < -0.39 is 21.7 Å². The Balaban J connectivity index is 2.20. The number of methoxy groups -OCH3 is 2. The number of alkyl halides is 3. The third kappa shape index (κ3) is 5.30. The zero-order valence-corrected chi connectivity index (χ0v) is 16.1. The molecule has 0 aliphatic rings. The molecule has 0 spiro atoms. The molecule has 9 heteroatoms. The number of amides is 1. The van der Waals surface area contributed by atoms with E-state index in [9.17, 15) is 9.18 Å². The molecule has 0 heterocycles. The van der Waals surface area contributed by atoms with Crippen LogP contribution in [0.4, 0.5) is 10.1 Å². The topological polar surface area (TPSA) is 59.6 Å². The second kappa shape index (κ2) is 8.66. The first-order valence-corrected chi connectivity index (χ1v) is 8.49. The number of carbonyl (C=O) groups excluding carboxylic acids is 1. The highest BCUT2D eigenvalue weighted by Crippen LogP contribution is 2.32. The first kappa shape index (κ1) is 20.4. The smallest absolute Gasteiger partial charge is 0.253 e. The van der Waals surface area contributed by atoms with Gasteiger partial charge in [0.25, 0.3) is 5.91 Å². The van der Waals surface area contributed by atoms with Gasteiger partial charge in [-0.2, -0.15) is 0 Å². The minimum absolute atomic E-state index is 0.280. The molecule has 26 heavy (non-hydrogen) atoms. The molecule has 140 valence electrons. The Morgan fingerprint density at radius 1 is 1.04 bits per heavy atom. The Kier molecular flexibility index (Phi) is 6.81. The maximum atomic E-state index is 13.0. The van der Waals surface area contributed by atoms with Crippen molar-refractivity contribution < 1.29 is 18.7 Å². The molecule has 0 bridgehead atoms. The van der Waals surface area contributed by atoms with Gasteiger partial charge in [-0.1, -0.05) is 34.8 Å². The number of anilines is 1. The van der Waals surface area contributed by atoms with Crippen LogP contribution in [0, 0.1) is 5.82 Å². The van der Waals surface area contributed by atoms with Gasteiger partial charge in [0.2, 0.25) is 3.79 Å². The minimum Gasteiger partial charge on any atom is -0.493 e. The molecule has 0 radical (unpaired) electrons. The lowest BCUT2D eigenvalue weighted by Crippen LogP contribution is -2.49. The number of hydrogen-bond acceptors (Lipinski definition) is 4. The van der Waals surface area contributed by atoms with Gasteiger partial charge in [0.15, 0.2) is 11.5 Å². The third-order valence-electron chi connectivity index (χ3n) is 3.40. The van der Waals surface area contributed by atoms with Gasteiger partial charge in [-0.3, -0.25) is 4.79 Å². The van der Waals surface area contributed by atoms with E-state index in [0.717, 1.165) is 0 Å². The van der Waals surface area contributed by atoms with Gasteiger partial charge in [0.05, 0.1) is 14.2 Å². The van der Waals surface area contributed by atoms with Gasteiger partial charge in [0.1, 0.15) is 12.0 Å². The monoisotopic (exact) mass is 420 g/mol. The Morgan fingerprint density at radius 2 is 1.65 bits per heavy atom. The molecule has 1 unspecified atom stereocenters. The number of rotatable bonds is 6. The molecule has 2 aromatic rings. The normalized spacial score (nSPS) is 12.2. The molecule has 2 aromatic carbocycles. The van der Waals surface area contributed by atoms with Crippen molar-refractivity contribution in [2.45, 2.75) is 9.96 Å². The number of benzene rings is 2. The summed E-state index contributed by atoms with van der Waals surface area (Å²) in [6.45, 7) is 0. The number of ether oxygens (including phenoxy) is 2. The van der Waals surface area contributed by atoms with E-state index in [1.165, 1.54) is 44.6 Å². The van der Waals surface area contributed by atoms with E-state index in [-0.39, 0.29) is 5.56 Å². The summed E-state index contributed by atoms with van der Waals surface area (Å²) in [7, 11) is 2.95. The largest absolute Gasteiger partial charge is 0.493 e. The van der Waals surface area contributed by atoms with Crippen LogP contribution in [0.25, 0.3) is 0 Å². The molecule has 5 nitrogen and oxygen atoms in total. The van der Waals surface area contributed by atoms with Crippen molar-refractivity contribution in [3.05, 3.63) is 53.8 Å². The molecule has 1 amide bonds. The Bertz CT molecular complexity index is 767. The maximum absolute atomic E-state index is 13.0. The molecule has 2 N–H and O–H groups in total. The van der Waals surface area contributed by atoms with E-state index in [1.54, 1.807) is 12.1 Å². The molecule has 0 fully saturated rings. The third-order valence-corrected chi connectivity index (χ3v) is 4.06. The van der Waals surface area contributed by atoms with Gasteiger partial charge < -0.3 is 20.1 Å². The summed E-state index contributed by atoms with van der Waals surface area (Å²) < 4.78 is 21.5. The van der Waals surface area contributed by atoms with E-state index in [2.05, 4.69) is 10.6 Å². The van der Waals surface area contributed by atoms with Gasteiger partial charge >= 0.3 is 0 Å². The number of nitrogens with one attached hydrogen (secondary N) is 2. The van der Waals surface area contributed by atoms with Crippen molar-refractivity contribution >= 4 is 46.4 Å². The minimum atomic E-state index is -1.86. The molecule has 1 atom stereocenters. The van der Waals surface area contributed by atoms with Gasteiger partial charge in [-0.05, 0) is 42.5 Å². The number of carbonyl (C=O) groups is 1.